The lowest BCUT2D eigenvalue weighted by Gasteiger charge is -2.17. The van der Waals surface area contributed by atoms with E-state index in [1.165, 1.54) is 0 Å². The minimum absolute atomic E-state index is 0.197. The van der Waals surface area contributed by atoms with Gasteiger partial charge in [-0.05, 0) is 35.7 Å². The molecule has 0 radical (unpaired) electrons. The Labute approximate surface area is 172 Å². The Bertz CT molecular complexity index is 867. The van der Waals surface area contributed by atoms with Gasteiger partial charge in [0.05, 0.1) is 12.8 Å². The molecule has 2 aromatic carbocycles. The zero-order chi connectivity index (χ0) is 20.7. The van der Waals surface area contributed by atoms with Crippen molar-refractivity contribution in [2.75, 3.05) is 0 Å². The summed E-state index contributed by atoms with van der Waals surface area (Å²) in [6, 6.07) is 11.9. The topological polar surface area (TPSA) is 104 Å². The fraction of sp³-hybridized carbons (Fsp3) is 0.250. The predicted molar refractivity (Wildman–Crippen MR) is 107 cm³/mol. The number of carboxylic acids is 2. The Morgan fingerprint density at radius 3 is 2.21 bits per heavy atom. The maximum absolute atomic E-state index is 11.8. The molecule has 0 saturated heterocycles. The maximum Gasteiger partial charge on any atom is 0.305 e. The fourth-order valence-corrected chi connectivity index (χ4v) is 3.13. The summed E-state index contributed by atoms with van der Waals surface area (Å²) in [6.45, 7) is 0. The van der Waals surface area contributed by atoms with Crippen LogP contribution >= 0.6 is 23.2 Å². The number of aliphatic carboxylic acids is 2. The zero-order valence-electron chi connectivity index (χ0n) is 14.8. The summed E-state index contributed by atoms with van der Waals surface area (Å²) in [4.78, 5) is 33.5. The first-order chi connectivity index (χ1) is 13.2. The predicted octanol–water partition coefficient (Wildman–Crippen LogP) is 4.03. The average Bonchev–Trinajstić information content (AvgIpc) is 2.62. The molecule has 0 saturated carbocycles. The lowest BCUT2D eigenvalue weighted by molar-refractivity contribution is -0.140. The third-order valence-electron chi connectivity index (χ3n) is 4.03. The highest BCUT2D eigenvalue weighted by Gasteiger charge is 2.17. The first kappa shape index (κ1) is 21.7. The Morgan fingerprint density at radius 2 is 1.61 bits per heavy atom. The highest BCUT2D eigenvalue weighted by Crippen LogP contribution is 2.30. The minimum Gasteiger partial charge on any atom is -0.481 e. The molecule has 0 aliphatic rings. The second-order valence-electron chi connectivity index (χ2n) is 6.28. The second kappa shape index (κ2) is 10.1. The van der Waals surface area contributed by atoms with E-state index in [0.29, 0.717) is 16.5 Å². The number of carboxylic acid groups (broad SMARTS) is 2. The van der Waals surface area contributed by atoms with Gasteiger partial charge in [0.25, 0.3) is 0 Å². The van der Waals surface area contributed by atoms with Crippen molar-refractivity contribution in [2.24, 2.45) is 0 Å². The van der Waals surface area contributed by atoms with E-state index in [1.54, 1.807) is 18.2 Å². The Hall–Kier alpha value is -2.57. The van der Waals surface area contributed by atoms with Crippen LogP contribution < -0.4 is 5.32 Å². The molecule has 2 rings (SSSR count). The summed E-state index contributed by atoms with van der Waals surface area (Å²) in [5, 5.41) is 21.4. The van der Waals surface area contributed by atoms with Gasteiger partial charge < -0.3 is 15.5 Å². The van der Waals surface area contributed by atoms with Crippen LogP contribution in [0.1, 0.15) is 24.8 Å². The zero-order valence-corrected chi connectivity index (χ0v) is 16.3. The molecule has 0 heterocycles. The number of hydrogen-bond acceptors (Lipinski definition) is 3. The van der Waals surface area contributed by atoms with Crippen LogP contribution in [0.15, 0.2) is 42.5 Å². The van der Waals surface area contributed by atoms with Gasteiger partial charge >= 0.3 is 11.9 Å². The molecule has 0 bridgehead atoms. The molecule has 1 amide bonds. The van der Waals surface area contributed by atoms with E-state index in [9.17, 15) is 14.4 Å². The summed E-state index contributed by atoms with van der Waals surface area (Å²) in [6.07, 6.45) is -0.465. The van der Waals surface area contributed by atoms with Crippen LogP contribution in [0.5, 0.6) is 0 Å². The van der Waals surface area contributed by atoms with Crippen molar-refractivity contribution in [1.82, 2.24) is 5.32 Å². The van der Waals surface area contributed by atoms with Crippen LogP contribution in [-0.2, 0) is 20.8 Å². The van der Waals surface area contributed by atoms with Crippen molar-refractivity contribution in [3.05, 3.63) is 58.1 Å². The van der Waals surface area contributed by atoms with Crippen LogP contribution in [0.4, 0.5) is 0 Å². The quantitative estimate of drug-likeness (QED) is 0.564. The van der Waals surface area contributed by atoms with Crippen molar-refractivity contribution < 1.29 is 24.6 Å². The highest BCUT2D eigenvalue weighted by atomic mass is 35.5. The molecule has 0 aliphatic heterocycles. The monoisotopic (exact) mass is 423 g/mol. The number of nitrogens with one attached hydrogen (secondary N) is 1. The van der Waals surface area contributed by atoms with Gasteiger partial charge in [-0.3, -0.25) is 14.4 Å². The Balaban J connectivity index is 2.09. The second-order valence-corrected chi connectivity index (χ2v) is 7.12. The minimum atomic E-state index is -1.08. The van der Waals surface area contributed by atoms with Crippen molar-refractivity contribution >= 4 is 41.0 Å². The number of amides is 1. The van der Waals surface area contributed by atoms with Crippen molar-refractivity contribution in [1.29, 1.82) is 0 Å². The van der Waals surface area contributed by atoms with Gasteiger partial charge in [0.15, 0.2) is 0 Å². The van der Waals surface area contributed by atoms with E-state index < -0.39 is 23.9 Å². The van der Waals surface area contributed by atoms with Gasteiger partial charge in [0, 0.05) is 28.1 Å². The Morgan fingerprint density at radius 1 is 0.929 bits per heavy atom. The maximum atomic E-state index is 11.8. The van der Waals surface area contributed by atoms with Crippen LogP contribution in [0, 0.1) is 0 Å². The molecule has 6 nitrogen and oxygen atoms in total. The van der Waals surface area contributed by atoms with Gasteiger partial charge in [0.2, 0.25) is 5.91 Å². The molecule has 148 valence electrons. The van der Waals surface area contributed by atoms with Crippen LogP contribution in [0.2, 0.25) is 10.0 Å². The molecule has 0 unspecified atom stereocenters. The molecule has 0 spiro atoms. The lowest BCUT2D eigenvalue weighted by atomic mass is 9.99. The van der Waals surface area contributed by atoms with Gasteiger partial charge in [-0.1, -0.05) is 47.5 Å². The van der Waals surface area contributed by atoms with Crippen LogP contribution in [0.25, 0.3) is 11.1 Å². The molecule has 28 heavy (non-hydrogen) atoms. The molecule has 0 aliphatic carbocycles. The number of carbonyl (C=O) groups is 3. The van der Waals surface area contributed by atoms with Gasteiger partial charge in [-0.25, -0.2) is 0 Å². The number of hydrogen-bond donors (Lipinski definition) is 3. The van der Waals surface area contributed by atoms with Crippen LogP contribution in [-0.4, -0.2) is 34.1 Å². The summed E-state index contributed by atoms with van der Waals surface area (Å²) < 4.78 is 0. The fourth-order valence-electron chi connectivity index (χ4n) is 2.73. The molecule has 0 aromatic heterocycles. The molecular formula is C20H19Cl2NO5. The summed E-state index contributed by atoms with van der Waals surface area (Å²) >= 11 is 12.2. The van der Waals surface area contributed by atoms with Crippen molar-refractivity contribution in [3.63, 3.8) is 0 Å². The third-order valence-corrected chi connectivity index (χ3v) is 4.59. The van der Waals surface area contributed by atoms with Gasteiger partial charge in [0.1, 0.15) is 0 Å². The van der Waals surface area contributed by atoms with E-state index in [0.717, 1.165) is 16.7 Å². The third kappa shape index (κ3) is 6.87. The molecule has 1 atom stereocenters. The molecule has 0 fully saturated rings. The largest absolute Gasteiger partial charge is 0.481 e. The average molecular weight is 424 g/mol. The van der Waals surface area contributed by atoms with E-state index >= 15 is 0 Å². The van der Waals surface area contributed by atoms with Crippen LogP contribution in [0.3, 0.4) is 0 Å². The first-order valence-corrected chi connectivity index (χ1v) is 9.27. The number of rotatable bonds is 9. The van der Waals surface area contributed by atoms with Gasteiger partial charge in [-0.2, -0.15) is 0 Å². The first-order valence-electron chi connectivity index (χ1n) is 8.52. The van der Waals surface area contributed by atoms with E-state index in [1.807, 2.05) is 24.3 Å². The number of benzene rings is 2. The number of halogens is 2. The standard InChI is InChI=1S/C20H19Cl2NO5/c21-14-5-6-17(22)16(10-14)13-3-1-12(2-4-13)9-15(11-20(27)28)23-18(24)7-8-19(25)26/h1-6,10,15H,7-9,11H2,(H,23,24)(H,25,26)(H,27,28)/t15-/m1/s1. The Kier molecular flexibility index (Phi) is 7.84. The molecule has 2 aromatic rings. The highest BCUT2D eigenvalue weighted by molar-refractivity contribution is 6.35. The number of carbonyl (C=O) groups excluding carboxylic acids is 1. The molecule has 8 heteroatoms. The van der Waals surface area contributed by atoms with E-state index in [2.05, 4.69) is 5.32 Å². The summed E-state index contributed by atoms with van der Waals surface area (Å²) in [5.41, 5.74) is 2.47. The molecule has 3 N–H and O–H groups in total. The summed E-state index contributed by atoms with van der Waals surface area (Å²) in [7, 11) is 0. The molecular weight excluding hydrogens is 405 g/mol. The lowest BCUT2D eigenvalue weighted by Crippen LogP contribution is -2.38. The summed E-state index contributed by atoms with van der Waals surface area (Å²) in [5.74, 6) is -2.62. The van der Waals surface area contributed by atoms with Gasteiger partial charge in [-0.15, -0.1) is 0 Å². The van der Waals surface area contributed by atoms with E-state index in [-0.39, 0.29) is 19.3 Å². The van der Waals surface area contributed by atoms with Crippen molar-refractivity contribution in [2.45, 2.75) is 31.7 Å². The van der Waals surface area contributed by atoms with Crippen molar-refractivity contribution in [3.8, 4) is 11.1 Å². The SMILES string of the molecule is O=C(O)CCC(=O)N[C@@H](CC(=O)O)Cc1ccc(-c2cc(Cl)ccc2Cl)cc1. The smallest absolute Gasteiger partial charge is 0.305 e. The normalized spacial score (nSPS) is 11.6. The van der Waals surface area contributed by atoms with E-state index in [4.69, 9.17) is 33.4 Å².